The molecule has 1 amide bonds. The number of anilines is 1. The Kier molecular flexibility index (Phi) is 6.40. The lowest BCUT2D eigenvalue weighted by Crippen LogP contribution is -2.16. The first-order valence-corrected chi connectivity index (χ1v) is 10.7. The molecule has 0 aliphatic heterocycles. The predicted octanol–water partition coefficient (Wildman–Crippen LogP) is 4.84. The first kappa shape index (κ1) is 20.8. The van der Waals surface area contributed by atoms with Crippen molar-refractivity contribution in [2.24, 2.45) is 0 Å². The quantitative estimate of drug-likeness (QED) is 0.308. The number of nitrogen functional groups attached to an aromatic ring is 1. The Morgan fingerprint density at radius 1 is 1.00 bits per heavy atom. The largest absolute Gasteiger partial charge is 0.457 e. The van der Waals surface area contributed by atoms with Crippen LogP contribution in [0.5, 0.6) is 11.5 Å². The van der Waals surface area contributed by atoms with E-state index in [0.717, 1.165) is 11.3 Å². The Morgan fingerprint density at radius 2 is 1.74 bits per heavy atom. The maximum absolute atomic E-state index is 12.3. The summed E-state index contributed by atoms with van der Waals surface area (Å²) in [7, 11) is 0. The second-order valence-electron chi connectivity index (χ2n) is 6.46. The van der Waals surface area contributed by atoms with Gasteiger partial charge in [-0.25, -0.2) is 4.68 Å². The minimum absolute atomic E-state index is 0.132. The van der Waals surface area contributed by atoms with E-state index >= 15 is 0 Å². The molecule has 1 aromatic heterocycles. The van der Waals surface area contributed by atoms with Gasteiger partial charge >= 0.3 is 0 Å². The van der Waals surface area contributed by atoms with E-state index in [1.54, 1.807) is 36.4 Å². The molecule has 0 saturated carbocycles. The fourth-order valence-electron chi connectivity index (χ4n) is 2.76. The Balaban J connectivity index is 1.32. The number of aromatic nitrogens is 3. The van der Waals surface area contributed by atoms with E-state index in [9.17, 15) is 4.79 Å². The molecule has 3 aromatic carbocycles. The number of amides is 1. The number of thioether (sulfide) groups is 1. The number of nitrogens with zero attached hydrogens (tertiary/aromatic N) is 3. The fraction of sp³-hybridized carbons (Fsp3) is 0.0455. The fourth-order valence-corrected chi connectivity index (χ4v) is 3.60. The standard InChI is InChI=1S/C22H18ClN5O2S/c23-16-6-4-5-15(13-16)21-26-27-22(28(21)24)31-14-20(29)25-17-9-11-19(12-10-17)30-18-7-2-1-3-8-18/h1-13H,14,24H2,(H,25,29). The Labute approximate surface area is 188 Å². The van der Waals surface area contributed by atoms with Crippen molar-refractivity contribution in [1.82, 2.24) is 14.9 Å². The average Bonchev–Trinajstić information content (AvgIpc) is 3.15. The third kappa shape index (κ3) is 5.36. The van der Waals surface area contributed by atoms with Gasteiger partial charge in [0.2, 0.25) is 11.1 Å². The van der Waals surface area contributed by atoms with Crippen molar-refractivity contribution in [3.8, 4) is 22.9 Å². The van der Waals surface area contributed by atoms with Gasteiger partial charge in [0.15, 0.2) is 5.82 Å². The van der Waals surface area contributed by atoms with E-state index in [0.29, 0.717) is 27.4 Å². The van der Waals surface area contributed by atoms with Crippen LogP contribution in [0.2, 0.25) is 5.02 Å². The molecular weight excluding hydrogens is 434 g/mol. The second-order valence-corrected chi connectivity index (χ2v) is 7.84. The number of hydrogen-bond donors (Lipinski definition) is 2. The summed E-state index contributed by atoms with van der Waals surface area (Å²) in [6.45, 7) is 0. The number of carbonyl (C=O) groups excluding carboxylic acids is 1. The molecule has 0 unspecified atom stereocenters. The Bertz CT molecular complexity index is 1180. The van der Waals surface area contributed by atoms with Crippen LogP contribution < -0.4 is 15.9 Å². The number of hydrogen-bond acceptors (Lipinski definition) is 6. The van der Waals surface area contributed by atoms with Crippen molar-refractivity contribution in [2.75, 3.05) is 16.9 Å². The van der Waals surface area contributed by atoms with Crippen LogP contribution in [0.4, 0.5) is 5.69 Å². The van der Waals surface area contributed by atoms with Crippen LogP contribution in [0.15, 0.2) is 84.0 Å². The van der Waals surface area contributed by atoms with Crippen molar-refractivity contribution in [3.63, 3.8) is 0 Å². The number of nitrogens with one attached hydrogen (secondary N) is 1. The summed E-state index contributed by atoms with van der Waals surface area (Å²) >= 11 is 7.21. The molecule has 0 radical (unpaired) electrons. The third-order valence-corrected chi connectivity index (χ3v) is 5.37. The highest BCUT2D eigenvalue weighted by Crippen LogP contribution is 2.25. The van der Waals surface area contributed by atoms with Crippen LogP contribution in [0, 0.1) is 0 Å². The summed E-state index contributed by atoms with van der Waals surface area (Å²) in [5.41, 5.74) is 1.41. The van der Waals surface area contributed by atoms with Gasteiger partial charge in [0, 0.05) is 16.3 Å². The topological polar surface area (TPSA) is 95.1 Å². The minimum atomic E-state index is -0.186. The first-order valence-electron chi connectivity index (χ1n) is 9.30. The van der Waals surface area contributed by atoms with E-state index in [2.05, 4.69) is 15.5 Å². The number of nitrogens with two attached hydrogens (primary N) is 1. The first-order chi connectivity index (χ1) is 15.1. The number of halogens is 1. The molecule has 9 heteroatoms. The lowest BCUT2D eigenvalue weighted by molar-refractivity contribution is -0.113. The smallest absolute Gasteiger partial charge is 0.234 e. The third-order valence-electron chi connectivity index (χ3n) is 4.20. The highest BCUT2D eigenvalue weighted by molar-refractivity contribution is 7.99. The molecule has 156 valence electrons. The van der Waals surface area contributed by atoms with Gasteiger partial charge in [-0.3, -0.25) is 4.79 Å². The summed E-state index contributed by atoms with van der Waals surface area (Å²) in [6.07, 6.45) is 0. The SMILES string of the molecule is Nn1c(SCC(=O)Nc2ccc(Oc3ccccc3)cc2)nnc1-c1cccc(Cl)c1. The molecule has 0 fully saturated rings. The average molecular weight is 452 g/mol. The molecule has 7 nitrogen and oxygen atoms in total. The zero-order chi connectivity index (χ0) is 21.6. The van der Waals surface area contributed by atoms with Crippen LogP contribution >= 0.6 is 23.4 Å². The molecule has 31 heavy (non-hydrogen) atoms. The molecule has 0 spiro atoms. The van der Waals surface area contributed by atoms with E-state index in [4.69, 9.17) is 22.2 Å². The summed E-state index contributed by atoms with van der Waals surface area (Å²) in [5, 5.41) is 12.0. The summed E-state index contributed by atoms with van der Waals surface area (Å²) in [4.78, 5) is 12.3. The molecule has 0 aliphatic carbocycles. The highest BCUT2D eigenvalue weighted by Gasteiger charge is 2.14. The zero-order valence-electron chi connectivity index (χ0n) is 16.2. The lowest BCUT2D eigenvalue weighted by Gasteiger charge is -2.08. The van der Waals surface area contributed by atoms with Crippen LogP contribution in [-0.2, 0) is 4.79 Å². The highest BCUT2D eigenvalue weighted by atomic mass is 35.5. The van der Waals surface area contributed by atoms with E-state index in [-0.39, 0.29) is 11.7 Å². The number of para-hydroxylation sites is 1. The van der Waals surface area contributed by atoms with Crippen molar-refractivity contribution in [3.05, 3.63) is 83.9 Å². The lowest BCUT2D eigenvalue weighted by atomic mass is 10.2. The normalized spacial score (nSPS) is 10.6. The van der Waals surface area contributed by atoms with E-state index in [1.807, 2.05) is 42.5 Å². The zero-order valence-corrected chi connectivity index (χ0v) is 17.8. The van der Waals surface area contributed by atoms with Gasteiger partial charge in [-0.05, 0) is 48.5 Å². The number of rotatable bonds is 7. The summed E-state index contributed by atoms with van der Waals surface area (Å²) in [6, 6.07) is 23.8. The van der Waals surface area contributed by atoms with Crippen molar-refractivity contribution < 1.29 is 9.53 Å². The molecule has 1 heterocycles. The van der Waals surface area contributed by atoms with Gasteiger partial charge in [-0.15, -0.1) is 10.2 Å². The number of carbonyl (C=O) groups is 1. The number of benzene rings is 3. The minimum Gasteiger partial charge on any atom is -0.457 e. The van der Waals surface area contributed by atoms with Gasteiger partial charge in [0.25, 0.3) is 0 Å². The predicted molar refractivity (Wildman–Crippen MR) is 123 cm³/mol. The monoisotopic (exact) mass is 451 g/mol. The van der Waals surface area contributed by atoms with Crippen LogP contribution in [-0.4, -0.2) is 26.5 Å². The molecule has 0 saturated heterocycles. The number of ether oxygens (including phenoxy) is 1. The van der Waals surface area contributed by atoms with Crippen molar-refractivity contribution in [2.45, 2.75) is 5.16 Å². The van der Waals surface area contributed by atoms with Crippen LogP contribution in [0.1, 0.15) is 0 Å². The summed E-state index contributed by atoms with van der Waals surface area (Å²) in [5.74, 6) is 7.94. The second kappa shape index (κ2) is 9.55. The summed E-state index contributed by atoms with van der Waals surface area (Å²) < 4.78 is 7.09. The molecule has 0 atom stereocenters. The molecule has 0 bridgehead atoms. The molecule has 3 N–H and O–H groups in total. The molecule has 0 aliphatic rings. The van der Waals surface area contributed by atoms with Gasteiger partial charge in [-0.2, -0.15) is 0 Å². The van der Waals surface area contributed by atoms with Crippen LogP contribution in [0.25, 0.3) is 11.4 Å². The van der Waals surface area contributed by atoms with Crippen molar-refractivity contribution in [1.29, 1.82) is 0 Å². The van der Waals surface area contributed by atoms with Gasteiger partial charge in [0.1, 0.15) is 11.5 Å². The molecule has 4 aromatic rings. The van der Waals surface area contributed by atoms with E-state index < -0.39 is 0 Å². The van der Waals surface area contributed by atoms with Crippen LogP contribution in [0.3, 0.4) is 0 Å². The van der Waals surface area contributed by atoms with E-state index in [1.165, 1.54) is 16.4 Å². The van der Waals surface area contributed by atoms with Gasteiger partial charge in [-0.1, -0.05) is 53.7 Å². The van der Waals surface area contributed by atoms with Gasteiger partial charge in [0.05, 0.1) is 5.75 Å². The Morgan fingerprint density at radius 3 is 2.48 bits per heavy atom. The molecular formula is C22H18ClN5O2S. The Hall–Kier alpha value is -3.49. The van der Waals surface area contributed by atoms with Gasteiger partial charge < -0.3 is 15.9 Å². The maximum Gasteiger partial charge on any atom is 0.234 e. The molecule has 4 rings (SSSR count). The van der Waals surface area contributed by atoms with Crippen molar-refractivity contribution >= 4 is 35.0 Å². The maximum atomic E-state index is 12.3.